The molecule has 2 heterocycles. The zero-order chi connectivity index (χ0) is 12.1. The molecule has 90 valence electrons. The average Bonchev–Trinajstić information content (AvgIpc) is 2.44. The lowest BCUT2D eigenvalue weighted by Gasteiger charge is -2.30. The third kappa shape index (κ3) is 1.71. The van der Waals surface area contributed by atoms with Gasteiger partial charge in [-0.1, -0.05) is 0 Å². The predicted molar refractivity (Wildman–Crippen MR) is 52.8 cm³/mol. The quantitative estimate of drug-likeness (QED) is 0.745. The van der Waals surface area contributed by atoms with E-state index in [1.807, 2.05) is 0 Å². The Morgan fingerprint density at radius 1 is 1.38 bits per heavy atom. The van der Waals surface area contributed by atoms with Gasteiger partial charge >= 0.3 is 6.18 Å². The van der Waals surface area contributed by atoms with Crippen molar-refractivity contribution in [1.82, 2.24) is 9.55 Å². The molecule has 0 spiro atoms. The minimum Gasteiger partial charge on any atom is -0.330 e. The molecule has 2 rings (SSSR count). The molecule has 6 heteroatoms. The zero-order valence-corrected chi connectivity index (χ0v) is 9.17. The van der Waals surface area contributed by atoms with Gasteiger partial charge in [0.1, 0.15) is 5.82 Å². The van der Waals surface area contributed by atoms with Crippen molar-refractivity contribution in [3.05, 3.63) is 17.2 Å². The molecule has 0 radical (unpaired) electrons. The molecule has 16 heavy (non-hydrogen) atoms. The number of hydrogen-bond acceptors (Lipinski definition) is 2. The fourth-order valence-electron chi connectivity index (χ4n) is 2.14. The molecule has 0 saturated carbocycles. The first-order valence-corrected chi connectivity index (χ1v) is 5.16. The van der Waals surface area contributed by atoms with Crippen LogP contribution in [0.4, 0.5) is 13.2 Å². The van der Waals surface area contributed by atoms with E-state index < -0.39 is 18.1 Å². The topological polar surface area (TPSA) is 43.8 Å². The first kappa shape index (κ1) is 11.4. The summed E-state index contributed by atoms with van der Waals surface area (Å²) in [5, 5.41) is 0. The number of aryl methyl sites for hydroxylation is 1. The van der Waals surface area contributed by atoms with E-state index in [4.69, 9.17) is 5.73 Å². The lowest BCUT2D eigenvalue weighted by atomic mass is 9.95. The summed E-state index contributed by atoms with van der Waals surface area (Å²) in [7, 11) is 0. The monoisotopic (exact) mass is 233 g/mol. The molecule has 0 bridgehead atoms. The van der Waals surface area contributed by atoms with Crippen LogP contribution < -0.4 is 5.73 Å². The van der Waals surface area contributed by atoms with E-state index in [0.29, 0.717) is 5.82 Å². The van der Waals surface area contributed by atoms with Gasteiger partial charge in [-0.2, -0.15) is 13.2 Å². The fourth-order valence-corrected chi connectivity index (χ4v) is 2.14. The molecule has 1 aliphatic rings. The van der Waals surface area contributed by atoms with Crippen LogP contribution in [0.5, 0.6) is 0 Å². The van der Waals surface area contributed by atoms with Gasteiger partial charge in [0.2, 0.25) is 0 Å². The smallest absolute Gasteiger partial charge is 0.330 e. The summed E-state index contributed by atoms with van der Waals surface area (Å²) in [5.74, 6) is -0.780. The molecule has 1 aromatic heterocycles. The second-order valence-electron chi connectivity index (χ2n) is 4.33. The maximum absolute atomic E-state index is 12.7. The zero-order valence-electron chi connectivity index (χ0n) is 9.17. The Kier molecular flexibility index (Phi) is 2.49. The summed E-state index contributed by atoms with van der Waals surface area (Å²) in [4.78, 5) is 4.22. The van der Waals surface area contributed by atoms with Crippen LogP contribution in [0.15, 0.2) is 0 Å². The van der Waals surface area contributed by atoms with Gasteiger partial charge in [0.15, 0.2) is 0 Å². The fraction of sp³-hybridized carbons (Fsp3) is 0.700. The molecule has 0 saturated heterocycles. The number of aromatic nitrogens is 2. The predicted octanol–water partition coefficient (Wildman–Crippen LogP) is 2.08. The molecular weight excluding hydrogens is 219 g/mol. The van der Waals surface area contributed by atoms with E-state index >= 15 is 0 Å². The Hall–Kier alpha value is -1.04. The molecule has 0 amide bonds. The van der Waals surface area contributed by atoms with Crippen LogP contribution in [0.1, 0.15) is 29.7 Å². The number of hydrogen-bond donors (Lipinski definition) is 1. The Morgan fingerprint density at radius 3 is 2.56 bits per heavy atom. The Labute approximate surface area is 91.5 Å². The van der Waals surface area contributed by atoms with Gasteiger partial charge in [-0.15, -0.1) is 0 Å². The summed E-state index contributed by atoms with van der Waals surface area (Å²) in [6, 6.07) is -0.618. The van der Waals surface area contributed by atoms with Gasteiger partial charge in [-0.05, 0) is 20.3 Å². The van der Waals surface area contributed by atoms with Crippen LogP contribution in [-0.2, 0) is 6.54 Å². The second kappa shape index (κ2) is 3.48. The highest BCUT2D eigenvalue weighted by atomic mass is 19.4. The van der Waals surface area contributed by atoms with Crippen molar-refractivity contribution in [2.45, 2.75) is 39.0 Å². The molecule has 0 aromatic carbocycles. The number of nitrogens with zero attached hydrogens (tertiary/aromatic N) is 2. The molecule has 1 aliphatic heterocycles. The van der Waals surface area contributed by atoms with Gasteiger partial charge in [-0.3, -0.25) is 0 Å². The summed E-state index contributed by atoms with van der Waals surface area (Å²) in [5.41, 5.74) is 7.27. The van der Waals surface area contributed by atoms with Crippen LogP contribution >= 0.6 is 0 Å². The molecule has 0 aliphatic carbocycles. The number of imidazole rings is 1. The van der Waals surface area contributed by atoms with Crippen molar-refractivity contribution in [2.24, 2.45) is 11.7 Å². The first-order chi connectivity index (χ1) is 7.30. The van der Waals surface area contributed by atoms with Crippen LogP contribution in [0.25, 0.3) is 0 Å². The SMILES string of the molecule is Cc1nc2n(c1C)CC(C(F)(F)F)CC2N. The maximum atomic E-state index is 12.7. The van der Waals surface area contributed by atoms with Gasteiger partial charge in [-0.25, -0.2) is 4.98 Å². The average molecular weight is 233 g/mol. The number of nitrogens with two attached hydrogens (primary N) is 1. The number of fused-ring (bicyclic) bond motifs is 1. The highest BCUT2D eigenvalue weighted by Gasteiger charge is 2.44. The molecule has 2 atom stereocenters. The second-order valence-corrected chi connectivity index (χ2v) is 4.33. The van der Waals surface area contributed by atoms with E-state index in [1.54, 1.807) is 18.4 Å². The number of rotatable bonds is 0. The lowest BCUT2D eigenvalue weighted by Crippen LogP contribution is -2.37. The Balaban J connectivity index is 2.39. The summed E-state index contributed by atoms with van der Waals surface area (Å²) in [6.45, 7) is 3.51. The normalized spacial score (nSPS) is 25.6. The van der Waals surface area contributed by atoms with Crippen molar-refractivity contribution >= 4 is 0 Å². The van der Waals surface area contributed by atoms with Crippen molar-refractivity contribution in [3.63, 3.8) is 0 Å². The maximum Gasteiger partial charge on any atom is 0.393 e. The van der Waals surface area contributed by atoms with Crippen LogP contribution in [0.2, 0.25) is 0 Å². The van der Waals surface area contributed by atoms with E-state index in [9.17, 15) is 13.2 Å². The van der Waals surface area contributed by atoms with Crippen molar-refractivity contribution in [2.75, 3.05) is 0 Å². The third-order valence-electron chi connectivity index (χ3n) is 3.22. The standard InChI is InChI=1S/C10H14F3N3/c1-5-6(2)16-4-7(10(11,12)13)3-8(14)9(16)15-5/h7-8H,3-4,14H2,1-2H3. The van der Waals surface area contributed by atoms with E-state index in [1.165, 1.54) is 0 Å². The van der Waals surface area contributed by atoms with Crippen molar-refractivity contribution < 1.29 is 13.2 Å². The van der Waals surface area contributed by atoms with Crippen LogP contribution in [-0.4, -0.2) is 15.7 Å². The first-order valence-electron chi connectivity index (χ1n) is 5.16. The summed E-state index contributed by atoms with van der Waals surface area (Å²) in [6.07, 6.45) is -4.25. The molecule has 3 nitrogen and oxygen atoms in total. The lowest BCUT2D eigenvalue weighted by molar-refractivity contribution is -0.184. The van der Waals surface area contributed by atoms with Crippen molar-refractivity contribution in [3.8, 4) is 0 Å². The minimum atomic E-state index is -4.18. The molecule has 1 aromatic rings. The molecular formula is C10H14F3N3. The highest BCUT2D eigenvalue weighted by Crippen LogP contribution is 2.38. The van der Waals surface area contributed by atoms with Crippen molar-refractivity contribution in [1.29, 1.82) is 0 Å². The van der Waals surface area contributed by atoms with Crippen LogP contribution in [0, 0.1) is 19.8 Å². The third-order valence-corrected chi connectivity index (χ3v) is 3.22. The Bertz CT molecular complexity index is 408. The van der Waals surface area contributed by atoms with Gasteiger partial charge < -0.3 is 10.3 Å². The summed E-state index contributed by atoms with van der Waals surface area (Å²) >= 11 is 0. The highest BCUT2D eigenvalue weighted by molar-refractivity contribution is 5.18. The Morgan fingerprint density at radius 2 is 2.00 bits per heavy atom. The molecule has 0 fully saturated rings. The minimum absolute atomic E-state index is 0.0563. The van der Waals surface area contributed by atoms with Crippen LogP contribution in [0.3, 0.4) is 0 Å². The number of halogens is 3. The molecule has 2 N–H and O–H groups in total. The largest absolute Gasteiger partial charge is 0.393 e. The van der Waals surface area contributed by atoms with E-state index in [2.05, 4.69) is 4.98 Å². The molecule has 2 unspecified atom stereocenters. The van der Waals surface area contributed by atoms with Gasteiger partial charge in [0.05, 0.1) is 17.7 Å². The summed E-state index contributed by atoms with van der Waals surface area (Å²) < 4.78 is 39.6. The number of alkyl halides is 3. The van der Waals surface area contributed by atoms with E-state index in [0.717, 1.165) is 11.4 Å². The van der Waals surface area contributed by atoms with E-state index in [-0.39, 0.29) is 13.0 Å². The van der Waals surface area contributed by atoms with Gasteiger partial charge in [0, 0.05) is 12.2 Å². The van der Waals surface area contributed by atoms with Gasteiger partial charge in [0.25, 0.3) is 0 Å².